The van der Waals surface area contributed by atoms with Gasteiger partial charge in [-0.2, -0.15) is 0 Å². The van der Waals surface area contributed by atoms with E-state index in [1.165, 1.54) is 0 Å². The van der Waals surface area contributed by atoms with Crippen LogP contribution in [0.4, 0.5) is 0 Å². The fraction of sp³-hybridized carbons (Fsp3) is 0.588. The zero-order valence-corrected chi connectivity index (χ0v) is 14.6. The molecule has 0 spiro atoms. The highest BCUT2D eigenvalue weighted by molar-refractivity contribution is 6.30. The van der Waals surface area contributed by atoms with Crippen molar-refractivity contribution >= 4 is 29.9 Å². The van der Waals surface area contributed by atoms with E-state index >= 15 is 0 Å². The molecule has 4 nitrogen and oxygen atoms in total. The van der Waals surface area contributed by atoms with Gasteiger partial charge in [-0.25, -0.2) is 0 Å². The Labute approximate surface area is 148 Å². The monoisotopic (exact) mass is 358 g/mol. The Kier molecular flexibility index (Phi) is 6.32. The number of β-amino-alcohol motifs (C(OH)–C–C–N with tert-alkyl or cyclic N) is 1. The average Bonchev–Trinajstić information content (AvgIpc) is 3.15. The Balaban J connectivity index is 0.00000192. The summed E-state index contributed by atoms with van der Waals surface area (Å²) in [5.41, 5.74) is 0.558. The second kappa shape index (κ2) is 7.84. The average molecular weight is 359 g/mol. The zero-order chi connectivity index (χ0) is 15.6. The third-order valence-corrected chi connectivity index (χ3v) is 5.33. The van der Waals surface area contributed by atoms with Crippen LogP contribution in [0.2, 0.25) is 5.02 Å². The molecule has 1 heterocycles. The summed E-state index contributed by atoms with van der Waals surface area (Å²) in [6.07, 6.45) is 3.49. The van der Waals surface area contributed by atoms with Gasteiger partial charge in [0.25, 0.3) is 0 Å². The van der Waals surface area contributed by atoms with Crippen molar-refractivity contribution < 1.29 is 9.90 Å². The third-order valence-electron chi connectivity index (χ3n) is 5.10. The van der Waals surface area contributed by atoms with E-state index < -0.39 is 5.41 Å². The number of aliphatic hydroxyl groups excluding tert-OH is 1. The number of benzene rings is 1. The van der Waals surface area contributed by atoms with Gasteiger partial charge in [-0.05, 0) is 30.5 Å². The van der Waals surface area contributed by atoms with E-state index in [0.717, 1.165) is 37.8 Å². The SMILES string of the molecule is Cl.O=C(NCC1CNCC1O)C1(c2cccc(Cl)c2)CCCC1. The van der Waals surface area contributed by atoms with Crippen LogP contribution in [0.3, 0.4) is 0 Å². The van der Waals surface area contributed by atoms with Crippen molar-refractivity contribution in [3.8, 4) is 0 Å². The van der Waals surface area contributed by atoms with Crippen molar-refractivity contribution in [3.05, 3.63) is 34.9 Å². The van der Waals surface area contributed by atoms with Crippen LogP contribution in [0.1, 0.15) is 31.2 Å². The molecule has 1 aliphatic carbocycles. The maximum absolute atomic E-state index is 12.9. The molecule has 6 heteroatoms. The van der Waals surface area contributed by atoms with Crippen molar-refractivity contribution in [1.29, 1.82) is 0 Å². The fourth-order valence-corrected chi connectivity index (χ4v) is 3.92. The van der Waals surface area contributed by atoms with Crippen molar-refractivity contribution in [1.82, 2.24) is 10.6 Å². The summed E-state index contributed by atoms with van der Waals surface area (Å²) in [7, 11) is 0. The molecule has 1 aromatic carbocycles. The maximum atomic E-state index is 12.9. The van der Waals surface area contributed by atoms with E-state index in [1.54, 1.807) is 0 Å². The molecule has 1 aromatic rings. The molecular weight excluding hydrogens is 335 g/mol. The van der Waals surface area contributed by atoms with Gasteiger partial charge in [0.1, 0.15) is 0 Å². The molecule has 1 amide bonds. The second-order valence-corrected chi connectivity index (χ2v) is 6.93. The number of carbonyl (C=O) groups excluding carboxylic acids is 1. The van der Waals surface area contributed by atoms with E-state index in [-0.39, 0.29) is 30.3 Å². The summed E-state index contributed by atoms with van der Waals surface area (Å²) in [5.74, 6) is 0.174. The lowest BCUT2D eigenvalue weighted by Gasteiger charge is -2.29. The van der Waals surface area contributed by atoms with Gasteiger partial charge in [0.2, 0.25) is 5.91 Å². The standard InChI is InChI=1S/C17H23ClN2O2.ClH/c18-14-5-3-4-13(8-14)17(6-1-2-7-17)16(22)20-10-12-9-19-11-15(12)21;/h3-5,8,12,15,19,21H,1-2,6-7,9-11H2,(H,20,22);1H. The number of nitrogens with one attached hydrogen (secondary N) is 2. The molecule has 2 unspecified atom stereocenters. The lowest BCUT2D eigenvalue weighted by Crippen LogP contribution is -2.45. The summed E-state index contributed by atoms with van der Waals surface area (Å²) in [4.78, 5) is 12.9. The normalized spacial score (nSPS) is 25.8. The molecule has 0 radical (unpaired) electrons. The Morgan fingerprint density at radius 3 is 2.70 bits per heavy atom. The minimum absolute atomic E-state index is 0. The molecule has 0 aromatic heterocycles. The van der Waals surface area contributed by atoms with E-state index in [2.05, 4.69) is 10.6 Å². The van der Waals surface area contributed by atoms with E-state index in [1.807, 2.05) is 24.3 Å². The van der Waals surface area contributed by atoms with E-state index in [0.29, 0.717) is 18.1 Å². The van der Waals surface area contributed by atoms with Gasteiger partial charge < -0.3 is 15.7 Å². The van der Waals surface area contributed by atoms with E-state index in [4.69, 9.17) is 11.6 Å². The molecule has 1 aliphatic heterocycles. The van der Waals surface area contributed by atoms with E-state index in [9.17, 15) is 9.90 Å². The van der Waals surface area contributed by atoms with Crippen LogP contribution in [-0.2, 0) is 10.2 Å². The second-order valence-electron chi connectivity index (χ2n) is 6.50. The Bertz CT molecular complexity index is 547. The Morgan fingerprint density at radius 2 is 2.09 bits per heavy atom. The number of amides is 1. The van der Waals surface area contributed by atoms with Crippen LogP contribution in [-0.4, -0.2) is 36.8 Å². The highest BCUT2D eigenvalue weighted by Gasteiger charge is 2.43. The zero-order valence-electron chi connectivity index (χ0n) is 13.1. The molecule has 1 saturated carbocycles. The van der Waals surface area contributed by atoms with Gasteiger partial charge in [-0.1, -0.05) is 36.6 Å². The van der Waals surface area contributed by atoms with Crippen LogP contribution in [0, 0.1) is 5.92 Å². The predicted molar refractivity (Wildman–Crippen MR) is 94.2 cm³/mol. The summed E-state index contributed by atoms with van der Waals surface area (Å²) in [5, 5.41) is 16.7. The highest BCUT2D eigenvalue weighted by atomic mass is 35.5. The minimum Gasteiger partial charge on any atom is -0.391 e. The lowest BCUT2D eigenvalue weighted by atomic mass is 9.78. The van der Waals surface area contributed by atoms with Gasteiger partial charge in [0.15, 0.2) is 0 Å². The van der Waals surface area contributed by atoms with Crippen molar-refractivity contribution in [2.45, 2.75) is 37.2 Å². The van der Waals surface area contributed by atoms with Gasteiger partial charge in [0, 0.05) is 30.6 Å². The predicted octanol–water partition coefficient (Wildman–Crippen LogP) is 2.27. The molecule has 3 rings (SSSR count). The smallest absolute Gasteiger partial charge is 0.230 e. The van der Waals surface area contributed by atoms with Crippen LogP contribution < -0.4 is 10.6 Å². The molecule has 3 N–H and O–H groups in total. The van der Waals surface area contributed by atoms with Crippen molar-refractivity contribution in [2.75, 3.05) is 19.6 Å². The molecule has 2 atom stereocenters. The third kappa shape index (κ3) is 3.82. The first-order valence-corrected chi connectivity index (χ1v) is 8.43. The highest BCUT2D eigenvalue weighted by Crippen LogP contribution is 2.42. The van der Waals surface area contributed by atoms with Crippen molar-refractivity contribution in [2.24, 2.45) is 5.92 Å². The number of rotatable bonds is 4. The summed E-state index contributed by atoms with van der Waals surface area (Å²) in [6.45, 7) is 1.89. The van der Waals surface area contributed by atoms with Gasteiger partial charge in [-0.3, -0.25) is 4.79 Å². The lowest BCUT2D eigenvalue weighted by molar-refractivity contribution is -0.126. The van der Waals surface area contributed by atoms with Gasteiger partial charge >= 0.3 is 0 Å². The summed E-state index contributed by atoms with van der Waals surface area (Å²) >= 11 is 6.12. The Hall–Kier alpha value is -0.810. The van der Waals surface area contributed by atoms with Crippen molar-refractivity contribution in [3.63, 3.8) is 0 Å². The Morgan fingerprint density at radius 1 is 1.35 bits per heavy atom. The van der Waals surface area contributed by atoms with Crippen LogP contribution >= 0.6 is 24.0 Å². The maximum Gasteiger partial charge on any atom is 0.230 e. The molecule has 2 fully saturated rings. The fourth-order valence-electron chi connectivity index (χ4n) is 3.73. The number of aliphatic hydroxyl groups is 1. The molecule has 0 bridgehead atoms. The largest absolute Gasteiger partial charge is 0.391 e. The minimum atomic E-state index is -0.456. The molecule has 1 saturated heterocycles. The first-order chi connectivity index (χ1) is 10.6. The quantitative estimate of drug-likeness (QED) is 0.773. The summed E-state index contributed by atoms with van der Waals surface area (Å²) in [6, 6.07) is 7.67. The molecule has 128 valence electrons. The van der Waals surface area contributed by atoms with Crippen LogP contribution in [0.5, 0.6) is 0 Å². The van der Waals surface area contributed by atoms with Gasteiger partial charge in [0.05, 0.1) is 11.5 Å². The molecular formula is C17H24Cl2N2O2. The number of halogens is 2. The van der Waals surface area contributed by atoms with Crippen LogP contribution in [0.15, 0.2) is 24.3 Å². The first-order valence-electron chi connectivity index (χ1n) is 8.05. The molecule has 23 heavy (non-hydrogen) atoms. The summed E-state index contributed by atoms with van der Waals surface area (Å²) < 4.78 is 0. The number of hydrogen-bond acceptors (Lipinski definition) is 3. The first kappa shape index (κ1) is 18.5. The number of hydrogen-bond donors (Lipinski definition) is 3. The number of carbonyl (C=O) groups is 1. The van der Waals surface area contributed by atoms with Gasteiger partial charge in [-0.15, -0.1) is 12.4 Å². The molecule has 2 aliphatic rings. The van der Waals surface area contributed by atoms with Crippen LogP contribution in [0.25, 0.3) is 0 Å². The topological polar surface area (TPSA) is 61.4 Å².